The number of nitrogens with zero attached hydrogens (tertiary/aromatic N) is 2. The van der Waals surface area contributed by atoms with E-state index in [1.807, 2.05) is 0 Å². The van der Waals surface area contributed by atoms with Crippen LogP contribution < -0.4 is 0 Å². The van der Waals surface area contributed by atoms with Crippen LogP contribution in [0.15, 0.2) is 0 Å². The van der Waals surface area contributed by atoms with Gasteiger partial charge in [0.1, 0.15) is 0 Å². The van der Waals surface area contributed by atoms with E-state index < -0.39 is 0 Å². The van der Waals surface area contributed by atoms with Crippen molar-refractivity contribution >= 4 is 0 Å². The second-order valence-corrected chi connectivity index (χ2v) is 5.82. The molecule has 0 aromatic rings. The minimum atomic E-state index is 0.998. The van der Waals surface area contributed by atoms with Gasteiger partial charge < -0.3 is 9.80 Å². The maximum Gasteiger partial charge on any atom is 0.000661 e. The number of unbranched alkanes of at least 4 members (excludes halogenated alkanes) is 1. The number of likely N-dealkylation sites (tertiary alicyclic amines) is 2. The van der Waals surface area contributed by atoms with E-state index in [0.29, 0.717) is 0 Å². The topological polar surface area (TPSA) is 6.48 Å². The van der Waals surface area contributed by atoms with Crippen molar-refractivity contribution in [1.29, 1.82) is 0 Å². The van der Waals surface area contributed by atoms with E-state index in [0.717, 1.165) is 5.92 Å². The molecule has 2 aliphatic rings. The first-order chi connectivity index (χ1) is 7.84. The summed E-state index contributed by atoms with van der Waals surface area (Å²) in [6.07, 6.45) is 10.1. The van der Waals surface area contributed by atoms with Crippen molar-refractivity contribution in [1.82, 2.24) is 9.80 Å². The Bertz CT molecular complexity index is 187. The van der Waals surface area contributed by atoms with Gasteiger partial charge in [0.15, 0.2) is 0 Å². The summed E-state index contributed by atoms with van der Waals surface area (Å²) in [7, 11) is 2.27. The lowest BCUT2D eigenvalue weighted by molar-refractivity contribution is 0.197. The molecule has 0 aromatic carbocycles. The van der Waals surface area contributed by atoms with Crippen molar-refractivity contribution in [3.63, 3.8) is 0 Å². The Morgan fingerprint density at radius 1 is 1.00 bits per heavy atom. The zero-order chi connectivity index (χ0) is 11.2. The van der Waals surface area contributed by atoms with Crippen LogP contribution in [0.1, 0.15) is 44.9 Å². The third kappa shape index (κ3) is 4.06. The Morgan fingerprint density at radius 2 is 1.81 bits per heavy atom. The fraction of sp³-hybridized carbons (Fsp3) is 1.00. The van der Waals surface area contributed by atoms with Crippen molar-refractivity contribution in [2.24, 2.45) is 5.92 Å². The van der Waals surface area contributed by atoms with Crippen molar-refractivity contribution in [2.75, 3.05) is 39.8 Å². The SMILES string of the molecule is CN1CCCC(CCCCN2CCCC2)C1. The molecule has 0 bridgehead atoms. The molecule has 0 spiro atoms. The number of piperidine rings is 1. The predicted octanol–water partition coefficient (Wildman–Crippen LogP) is 2.59. The lowest BCUT2D eigenvalue weighted by Crippen LogP contribution is -2.32. The molecule has 0 aromatic heterocycles. The molecule has 1 atom stereocenters. The van der Waals surface area contributed by atoms with Crippen LogP contribution in [-0.2, 0) is 0 Å². The number of hydrogen-bond donors (Lipinski definition) is 0. The highest BCUT2D eigenvalue weighted by Gasteiger charge is 2.16. The first kappa shape index (κ1) is 12.4. The minimum Gasteiger partial charge on any atom is -0.306 e. The molecule has 1 unspecified atom stereocenters. The monoisotopic (exact) mass is 224 g/mol. The lowest BCUT2D eigenvalue weighted by Gasteiger charge is -2.29. The van der Waals surface area contributed by atoms with Gasteiger partial charge in [-0.15, -0.1) is 0 Å². The van der Waals surface area contributed by atoms with Crippen LogP contribution in [-0.4, -0.2) is 49.6 Å². The summed E-state index contributed by atoms with van der Waals surface area (Å²) >= 11 is 0. The van der Waals surface area contributed by atoms with Gasteiger partial charge in [-0.1, -0.05) is 6.42 Å². The van der Waals surface area contributed by atoms with Gasteiger partial charge in [0.05, 0.1) is 0 Å². The summed E-state index contributed by atoms with van der Waals surface area (Å²) in [4.78, 5) is 5.15. The van der Waals surface area contributed by atoms with Gasteiger partial charge in [0, 0.05) is 6.54 Å². The summed E-state index contributed by atoms with van der Waals surface area (Å²) in [5, 5.41) is 0. The third-order valence-electron chi connectivity index (χ3n) is 4.26. The highest BCUT2D eigenvalue weighted by molar-refractivity contribution is 4.71. The second kappa shape index (κ2) is 6.61. The molecule has 2 rings (SSSR count). The predicted molar refractivity (Wildman–Crippen MR) is 69.7 cm³/mol. The van der Waals surface area contributed by atoms with Crippen molar-refractivity contribution < 1.29 is 0 Å². The first-order valence-electron chi connectivity index (χ1n) is 7.25. The zero-order valence-corrected chi connectivity index (χ0v) is 11.0. The molecule has 2 heterocycles. The molecule has 0 amide bonds. The molecule has 0 radical (unpaired) electrons. The van der Waals surface area contributed by atoms with Crippen molar-refractivity contribution in [2.45, 2.75) is 44.9 Å². The Kier molecular flexibility index (Phi) is 5.11. The van der Waals surface area contributed by atoms with E-state index in [1.165, 1.54) is 77.7 Å². The van der Waals surface area contributed by atoms with Gasteiger partial charge in [0.2, 0.25) is 0 Å². The van der Waals surface area contributed by atoms with Gasteiger partial charge in [0.25, 0.3) is 0 Å². The largest absolute Gasteiger partial charge is 0.306 e. The molecular formula is C14H28N2. The molecule has 2 aliphatic heterocycles. The fourth-order valence-corrected chi connectivity index (χ4v) is 3.28. The van der Waals surface area contributed by atoms with Crippen LogP contribution in [0.25, 0.3) is 0 Å². The summed E-state index contributed by atoms with van der Waals surface area (Å²) in [5.74, 6) is 0.998. The highest BCUT2D eigenvalue weighted by atomic mass is 15.1. The van der Waals surface area contributed by atoms with Gasteiger partial charge in [-0.25, -0.2) is 0 Å². The molecule has 2 fully saturated rings. The van der Waals surface area contributed by atoms with Gasteiger partial charge >= 0.3 is 0 Å². The Labute approximate surface area is 101 Å². The zero-order valence-electron chi connectivity index (χ0n) is 11.0. The molecule has 94 valence electrons. The standard InChI is InChI=1S/C14H28N2/c1-15-9-6-8-14(13-15)7-2-3-10-16-11-4-5-12-16/h14H,2-13H2,1H3. The minimum absolute atomic E-state index is 0.998. The van der Waals surface area contributed by atoms with E-state index >= 15 is 0 Å². The quantitative estimate of drug-likeness (QED) is 0.662. The average Bonchev–Trinajstić information content (AvgIpc) is 2.77. The molecule has 0 aliphatic carbocycles. The van der Waals surface area contributed by atoms with Crippen molar-refractivity contribution in [3.8, 4) is 0 Å². The summed E-state index contributed by atoms with van der Waals surface area (Å²) in [6.45, 7) is 6.77. The van der Waals surface area contributed by atoms with Crippen LogP contribution in [0.5, 0.6) is 0 Å². The molecule has 0 saturated carbocycles. The van der Waals surface area contributed by atoms with Crippen LogP contribution in [0.2, 0.25) is 0 Å². The normalized spacial score (nSPS) is 28.7. The maximum atomic E-state index is 2.65. The molecular weight excluding hydrogens is 196 g/mol. The van der Waals surface area contributed by atoms with Gasteiger partial charge in [-0.05, 0) is 77.7 Å². The smallest absolute Gasteiger partial charge is 0.000661 e. The number of rotatable bonds is 5. The first-order valence-corrected chi connectivity index (χ1v) is 7.25. The molecule has 2 saturated heterocycles. The van der Waals surface area contributed by atoms with E-state index in [1.54, 1.807) is 0 Å². The van der Waals surface area contributed by atoms with Crippen LogP contribution in [0.4, 0.5) is 0 Å². The van der Waals surface area contributed by atoms with Crippen LogP contribution >= 0.6 is 0 Å². The van der Waals surface area contributed by atoms with Crippen LogP contribution in [0.3, 0.4) is 0 Å². The van der Waals surface area contributed by atoms with Gasteiger partial charge in [-0.2, -0.15) is 0 Å². The summed E-state index contributed by atoms with van der Waals surface area (Å²) < 4.78 is 0. The van der Waals surface area contributed by atoms with Crippen LogP contribution in [0, 0.1) is 5.92 Å². The Morgan fingerprint density at radius 3 is 2.56 bits per heavy atom. The van der Waals surface area contributed by atoms with Crippen molar-refractivity contribution in [3.05, 3.63) is 0 Å². The highest BCUT2D eigenvalue weighted by Crippen LogP contribution is 2.20. The summed E-state index contributed by atoms with van der Waals surface area (Å²) in [6, 6.07) is 0. The van der Waals surface area contributed by atoms with E-state index in [-0.39, 0.29) is 0 Å². The Balaban J connectivity index is 1.50. The van der Waals surface area contributed by atoms with E-state index in [9.17, 15) is 0 Å². The molecule has 2 nitrogen and oxygen atoms in total. The second-order valence-electron chi connectivity index (χ2n) is 5.82. The maximum absolute atomic E-state index is 2.65. The lowest BCUT2D eigenvalue weighted by atomic mass is 9.93. The fourth-order valence-electron chi connectivity index (χ4n) is 3.28. The average molecular weight is 224 g/mol. The van der Waals surface area contributed by atoms with E-state index in [2.05, 4.69) is 16.8 Å². The molecule has 16 heavy (non-hydrogen) atoms. The van der Waals surface area contributed by atoms with E-state index in [4.69, 9.17) is 0 Å². The number of hydrogen-bond acceptors (Lipinski definition) is 2. The Hall–Kier alpha value is -0.0800. The summed E-state index contributed by atoms with van der Waals surface area (Å²) in [5.41, 5.74) is 0. The third-order valence-corrected chi connectivity index (χ3v) is 4.26. The van der Waals surface area contributed by atoms with Gasteiger partial charge in [-0.3, -0.25) is 0 Å². The molecule has 2 heteroatoms. The molecule has 0 N–H and O–H groups in total.